The van der Waals surface area contributed by atoms with E-state index in [0.717, 1.165) is 0 Å². The highest BCUT2D eigenvalue weighted by atomic mass is 19.1. The van der Waals surface area contributed by atoms with E-state index in [1.165, 1.54) is 12.3 Å². The van der Waals surface area contributed by atoms with Crippen molar-refractivity contribution >= 4 is 5.82 Å². The second-order valence-electron chi connectivity index (χ2n) is 2.67. The maximum atomic E-state index is 13.2. The zero-order valence-electron chi connectivity index (χ0n) is 6.79. The van der Waals surface area contributed by atoms with Crippen molar-refractivity contribution in [3.05, 3.63) is 36.3 Å². The molecule has 0 unspecified atom stereocenters. The van der Waals surface area contributed by atoms with Gasteiger partial charge in [0, 0.05) is 0 Å². The number of nitrogens with zero attached hydrogens (tertiary/aromatic N) is 1. The predicted octanol–water partition coefficient (Wildman–Crippen LogP) is 1.80. The van der Waals surface area contributed by atoms with E-state index >= 15 is 0 Å². The van der Waals surface area contributed by atoms with Crippen LogP contribution in [0.2, 0.25) is 0 Å². The Morgan fingerprint density at radius 1 is 1.31 bits per heavy atom. The summed E-state index contributed by atoms with van der Waals surface area (Å²) in [6, 6.07) is 6.41. The van der Waals surface area contributed by atoms with Gasteiger partial charge in [0.05, 0.1) is 11.8 Å². The number of aromatic amines is 1. The van der Waals surface area contributed by atoms with Crippen LogP contribution >= 0.6 is 0 Å². The number of aromatic nitrogens is 2. The largest absolute Gasteiger partial charge is 0.384 e. The van der Waals surface area contributed by atoms with Gasteiger partial charge < -0.3 is 10.7 Å². The molecule has 1 heterocycles. The van der Waals surface area contributed by atoms with Crippen molar-refractivity contribution in [1.29, 1.82) is 0 Å². The molecule has 0 amide bonds. The van der Waals surface area contributed by atoms with Gasteiger partial charge in [-0.15, -0.1) is 0 Å². The number of hydrogen-bond donors (Lipinski definition) is 2. The summed E-state index contributed by atoms with van der Waals surface area (Å²) >= 11 is 0. The van der Waals surface area contributed by atoms with Gasteiger partial charge in [0.25, 0.3) is 0 Å². The maximum absolute atomic E-state index is 13.2. The van der Waals surface area contributed by atoms with Gasteiger partial charge in [0.15, 0.2) is 0 Å². The van der Waals surface area contributed by atoms with E-state index in [1.54, 1.807) is 18.2 Å². The fourth-order valence-electron chi connectivity index (χ4n) is 1.13. The molecule has 0 aliphatic carbocycles. The first-order chi connectivity index (χ1) is 6.27. The van der Waals surface area contributed by atoms with Crippen LogP contribution in [-0.2, 0) is 0 Å². The molecule has 0 saturated heterocycles. The Labute approximate surface area is 74.4 Å². The summed E-state index contributed by atoms with van der Waals surface area (Å²) in [5.74, 6) is 0.575. The molecular formula is C9H8FN3. The van der Waals surface area contributed by atoms with Crippen LogP contribution in [0.5, 0.6) is 0 Å². The lowest BCUT2D eigenvalue weighted by Crippen LogP contribution is -1.86. The highest BCUT2D eigenvalue weighted by molar-refractivity contribution is 5.57. The molecule has 0 aliphatic rings. The average Bonchev–Trinajstić information content (AvgIpc) is 2.53. The number of rotatable bonds is 1. The minimum atomic E-state index is -0.308. The van der Waals surface area contributed by atoms with Gasteiger partial charge in [-0.05, 0) is 12.1 Å². The molecule has 0 atom stereocenters. The van der Waals surface area contributed by atoms with Crippen LogP contribution in [0.3, 0.4) is 0 Å². The molecule has 0 spiro atoms. The predicted molar refractivity (Wildman–Crippen MR) is 48.4 cm³/mol. The van der Waals surface area contributed by atoms with Crippen LogP contribution in [0.25, 0.3) is 11.4 Å². The summed E-state index contributed by atoms with van der Waals surface area (Å²) in [5.41, 5.74) is 5.86. The minimum Gasteiger partial charge on any atom is -0.384 e. The van der Waals surface area contributed by atoms with E-state index < -0.39 is 0 Å². The molecule has 4 heteroatoms. The third-order valence-electron chi connectivity index (χ3n) is 1.72. The summed E-state index contributed by atoms with van der Waals surface area (Å²) < 4.78 is 13.2. The van der Waals surface area contributed by atoms with Crippen molar-refractivity contribution in [1.82, 2.24) is 9.97 Å². The summed E-state index contributed by atoms with van der Waals surface area (Å²) in [5, 5.41) is 0. The van der Waals surface area contributed by atoms with Crippen molar-refractivity contribution < 1.29 is 4.39 Å². The maximum Gasteiger partial charge on any atom is 0.141 e. The molecule has 2 aromatic rings. The van der Waals surface area contributed by atoms with Crippen LogP contribution in [-0.4, -0.2) is 9.97 Å². The molecule has 0 bridgehead atoms. The van der Waals surface area contributed by atoms with Crippen LogP contribution in [0.1, 0.15) is 0 Å². The van der Waals surface area contributed by atoms with Crippen LogP contribution < -0.4 is 5.73 Å². The lowest BCUT2D eigenvalue weighted by Gasteiger charge is -1.97. The molecule has 2 rings (SSSR count). The second-order valence-corrected chi connectivity index (χ2v) is 2.67. The summed E-state index contributed by atoms with van der Waals surface area (Å²) in [4.78, 5) is 6.69. The lowest BCUT2D eigenvalue weighted by atomic mass is 10.2. The molecule has 1 aromatic carbocycles. The number of nitrogen functional groups attached to an aromatic ring is 1. The fraction of sp³-hybridized carbons (Fsp3) is 0. The lowest BCUT2D eigenvalue weighted by molar-refractivity contribution is 0.630. The van der Waals surface area contributed by atoms with Gasteiger partial charge in [0.2, 0.25) is 0 Å². The number of nitrogens with two attached hydrogens (primary N) is 1. The standard InChI is InChI=1S/C9H8FN3/c10-7-4-2-1-3-6(7)9-12-5-8(11)13-9/h1-5H,11H2,(H,12,13). The Balaban J connectivity index is 2.52. The van der Waals surface area contributed by atoms with Gasteiger partial charge in [0.1, 0.15) is 17.5 Å². The minimum absolute atomic E-state index is 0.308. The molecule has 0 saturated carbocycles. The fourth-order valence-corrected chi connectivity index (χ4v) is 1.13. The number of H-pyrrole nitrogens is 1. The van der Waals surface area contributed by atoms with Gasteiger partial charge in [-0.25, -0.2) is 9.37 Å². The van der Waals surface area contributed by atoms with Crippen LogP contribution in [0.15, 0.2) is 30.5 Å². The number of nitrogens with one attached hydrogen (secondary N) is 1. The number of hydrogen-bond acceptors (Lipinski definition) is 2. The monoisotopic (exact) mass is 177 g/mol. The molecule has 0 radical (unpaired) electrons. The van der Waals surface area contributed by atoms with E-state index in [-0.39, 0.29) is 5.82 Å². The van der Waals surface area contributed by atoms with Gasteiger partial charge >= 0.3 is 0 Å². The SMILES string of the molecule is Nc1cnc(-c2ccccc2F)[nH]1. The molecule has 1 aromatic heterocycles. The van der Waals surface area contributed by atoms with E-state index in [9.17, 15) is 4.39 Å². The number of imidazole rings is 1. The molecule has 3 N–H and O–H groups in total. The zero-order valence-corrected chi connectivity index (χ0v) is 6.79. The Morgan fingerprint density at radius 2 is 2.08 bits per heavy atom. The Kier molecular flexibility index (Phi) is 1.73. The normalized spacial score (nSPS) is 10.2. The van der Waals surface area contributed by atoms with Gasteiger partial charge in [-0.2, -0.15) is 0 Å². The third kappa shape index (κ3) is 1.38. The number of anilines is 1. The van der Waals surface area contributed by atoms with Crippen molar-refractivity contribution in [2.75, 3.05) is 5.73 Å². The Bertz CT molecular complexity index is 422. The summed E-state index contributed by atoms with van der Waals surface area (Å²) in [6.07, 6.45) is 1.46. The molecule has 0 fully saturated rings. The van der Waals surface area contributed by atoms with Crippen molar-refractivity contribution in [3.8, 4) is 11.4 Å². The van der Waals surface area contributed by atoms with Crippen molar-refractivity contribution in [2.45, 2.75) is 0 Å². The number of benzene rings is 1. The molecular weight excluding hydrogens is 169 g/mol. The third-order valence-corrected chi connectivity index (χ3v) is 1.72. The topological polar surface area (TPSA) is 54.7 Å². The first-order valence-electron chi connectivity index (χ1n) is 3.83. The van der Waals surface area contributed by atoms with Gasteiger partial charge in [-0.1, -0.05) is 12.1 Å². The highest BCUT2D eigenvalue weighted by Gasteiger charge is 2.06. The summed E-state index contributed by atoms with van der Waals surface area (Å²) in [7, 11) is 0. The molecule has 66 valence electrons. The quantitative estimate of drug-likeness (QED) is 0.697. The summed E-state index contributed by atoms with van der Waals surface area (Å²) in [6.45, 7) is 0. The van der Waals surface area contributed by atoms with Gasteiger partial charge in [-0.3, -0.25) is 0 Å². The highest BCUT2D eigenvalue weighted by Crippen LogP contribution is 2.19. The van der Waals surface area contributed by atoms with E-state index in [4.69, 9.17) is 5.73 Å². The van der Waals surface area contributed by atoms with Crippen LogP contribution in [0, 0.1) is 5.82 Å². The number of halogens is 1. The first kappa shape index (κ1) is 7.79. The van der Waals surface area contributed by atoms with Crippen molar-refractivity contribution in [2.24, 2.45) is 0 Å². The van der Waals surface area contributed by atoms with Crippen LogP contribution in [0.4, 0.5) is 10.2 Å². The Hall–Kier alpha value is -1.84. The molecule has 0 aliphatic heterocycles. The van der Waals surface area contributed by atoms with E-state index in [0.29, 0.717) is 17.2 Å². The Morgan fingerprint density at radius 3 is 2.69 bits per heavy atom. The van der Waals surface area contributed by atoms with E-state index in [2.05, 4.69) is 9.97 Å². The molecule has 3 nitrogen and oxygen atoms in total. The smallest absolute Gasteiger partial charge is 0.141 e. The zero-order chi connectivity index (χ0) is 9.26. The average molecular weight is 177 g/mol. The second kappa shape index (κ2) is 2.90. The van der Waals surface area contributed by atoms with Crippen molar-refractivity contribution in [3.63, 3.8) is 0 Å². The molecule has 13 heavy (non-hydrogen) atoms. The van der Waals surface area contributed by atoms with E-state index in [1.807, 2.05) is 0 Å². The first-order valence-corrected chi connectivity index (χ1v) is 3.83.